The molecule has 0 aliphatic carbocycles. The lowest BCUT2D eigenvalue weighted by molar-refractivity contribution is -0.136. The van der Waals surface area contributed by atoms with Crippen molar-refractivity contribution in [2.24, 2.45) is 0 Å². The second-order valence-electron chi connectivity index (χ2n) is 3.57. The summed E-state index contributed by atoms with van der Waals surface area (Å²) in [5, 5.41) is 0.910. The Hall–Kier alpha value is -2.16. The van der Waals surface area contributed by atoms with Crippen molar-refractivity contribution in [1.29, 1.82) is 0 Å². The molecule has 3 nitrogen and oxygen atoms in total. The maximum atomic E-state index is 11.6. The number of nitrogens with zero attached hydrogens (tertiary/aromatic N) is 1. The SMILES string of the molecule is C=C(C(=O)OCC)c1ccnc2ccccc12. The topological polar surface area (TPSA) is 39.2 Å². The lowest BCUT2D eigenvalue weighted by atomic mass is 10.0. The first-order chi connectivity index (χ1) is 8.24. The van der Waals surface area contributed by atoms with E-state index in [1.54, 1.807) is 19.2 Å². The number of carbonyl (C=O) groups is 1. The minimum absolute atomic E-state index is 0.348. The van der Waals surface area contributed by atoms with Crippen molar-refractivity contribution < 1.29 is 9.53 Å². The Balaban J connectivity index is 2.48. The van der Waals surface area contributed by atoms with Crippen LogP contribution in [0.3, 0.4) is 0 Å². The van der Waals surface area contributed by atoms with E-state index in [0.717, 1.165) is 16.5 Å². The average Bonchev–Trinajstić information content (AvgIpc) is 2.37. The van der Waals surface area contributed by atoms with Gasteiger partial charge in [-0.15, -0.1) is 0 Å². The molecule has 2 aromatic rings. The summed E-state index contributed by atoms with van der Waals surface area (Å²) in [5.41, 5.74) is 1.98. The highest BCUT2D eigenvalue weighted by molar-refractivity contribution is 6.19. The maximum Gasteiger partial charge on any atom is 0.338 e. The monoisotopic (exact) mass is 227 g/mol. The standard InChI is InChI=1S/C14H13NO2/c1-3-17-14(16)10(2)11-8-9-15-13-7-5-4-6-12(11)13/h4-9H,2-3H2,1H3. The Kier molecular flexibility index (Phi) is 3.19. The summed E-state index contributed by atoms with van der Waals surface area (Å²) < 4.78 is 4.95. The van der Waals surface area contributed by atoms with Crippen LogP contribution in [-0.4, -0.2) is 17.6 Å². The first-order valence-electron chi connectivity index (χ1n) is 5.44. The van der Waals surface area contributed by atoms with Crippen LogP contribution < -0.4 is 0 Å². The van der Waals surface area contributed by atoms with Crippen molar-refractivity contribution >= 4 is 22.4 Å². The van der Waals surface area contributed by atoms with Crippen LogP contribution in [0, 0.1) is 0 Å². The van der Waals surface area contributed by atoms with E-state index in [2.05, 4.69) is 11.6 Å². The zero-order valence-corrected chi connectivity index (χ0v) is 9.64. The number of esters is 1. The van der Waals surface area contributed by atoms with Gasteiger partial charge >= 0.3 is 5.97 Å². The molecule has 0 saturated carbocycles. The normalized spacial score (nSPS) is 10.2. The summed E-state index contributed by atoms with van der Waals surface area (Å²) in [6.07, 6.45) is 1.67. The van der Waals surface area contributed by atoms with Gasteiger partial charge in [-0.2, -0.15) is 0 Å². The Morgan fingerprint density at radius 2 is 2.12 bits per heavy atom. The van der Waals surface area contributed by atoms with Gasteiger partial charge < -0.3 is 4.74 Å². The maximum absolute atomic E-state index is 11.6. The lowest BCUT2D eigenvalue weighted by Gasteiger charge is -2.08. The quantitative estimate of drug-likeness (QED) is 0.598. The number of ether oxygens (including phenoxy) is 1. The Morgan fingerprint density at radius 1 is 1.35 bits per heavy atom. The smallest absolute Gasteiger partial charge is 0.338 e. The number of aromatic nitrogens is 1. The van der Waals surface area contributed by atoms with E-state index in [-0.39, 0.29) is 5.97 Å². The van der Waals surface area contributed by atoms with Crippen LogP contribution in [0.15, 0.2) is 43.1 Å². The Labute approximate surface area is 99.7 Å². The molecule has 0 unspecified atom stereocenters. The summed E-state index contributed by atoms with van der Waals surface area (Å²) in [5.74, 6) is -0.385. The van der Waals surface area contributed by atoms with E-state index in [4.69, 9.17) is 4.74 Å². The fourth-order valence-electron chi connectivity index (χ4n) is 1.69. The van der Waals surface area contributed by atoms with Crippen molar-refractivity contribution in [2.75, 3.05) is 6.61 Å². The van der Waals surface area contributed by atoms with Crippen LogP contribution in [0.2, 0.25) is 0 Å². The number of hydrogen-bond acceptors (Lipinski definition) is 3. The third-order valence-electron chi connectivity index (χ3n) is 2.50. The Morgan fingerprint density at radius 3 is 2.88 bits per heavy atom. The summed E-state index contributed by atoms with van der Waals surface area (Å²) in [6, 6.07) is 9.42. The predicted octanol–water partition coefficient (Wildman–Crippen LogP) is 2.81. The number of rotatable bonds is 3. The largest absolute Gasteiger partial charge is 0.462 e. The molecule has 0 spiro atoms. The van der Waals surface area contributed by atoms with E-state index in [1.165, 1.54) is 0 Å². The minimum Gasteiger partial charge on any atom is -0.462 e. The summed E-state index contributed by atoms with van der Waals surface area (Å²) >= 11 is 0. The molecule has 1 heterocycles. The van der Waals surface area contributed by atoms with Gasteiger partial charge in [-0.1, -0.05) is 24.8 Å². The molecule has 3 heteroatoms. The molecular formula is C14H13NO2. The highest BCUT2D eigenvalue weighted by Gasteiger charge is 2.13. The van der Waals surface area contributed by atoms with Gasteiger partial charge in [-0.05, 0) is 24.6 Å². The summed E-state index contributed by atoms with van der Waals surface area (Å²) in [6.45, 7) is 5.91. The van der Waals surface area contributed by atoms with Crippen LogP contribution >= 0.6 is 0 Å². The van der Waals surface area contributed by atoms with Crippen molar-refractivity contribution in [3.63, 3.8) is 0 Å². The van der Waals surface area contributed by atoms with E-state index in [9.17, 15) is 4.79 Å². The number of pyridine rings is 1. The van der Waals surface area contributed by atoms with E-state index in [1.807, 2.05) is 24.3 Å². The lowest BCUT2D eigenvalue weighted by Crippen LogP contribution is -2.06. The molecule has 0 aliphatic rings. The molecule has 0 N–H and O–H groups in total. The summed E-state index contributed by atoms with van der Waals surface area (Å²) in [7, 11) is 0. The molecule has 1 aromatic heterocycles. The molecule has 1 aromatic carbocycles. The summed E-state index contributed by atoms with van der Waals surface area (Å²) in [4.78, 5) is 15.9. The zero-order valence-electron chi connectivity index (χ0n) is 9.64. The van der Waals surface area contributed by atoms with E-state index in [0.29, 0.717) is 12.2 Å². The first kappa shape index (κ1) is 11.3. The molecule has 0 aliphatic heterocycles. The fraction of sp³-hybridized carbons (Fsp3) is 0.143. The van der Waals surface area contributed by atoms with Crippen molar-refractivity contribution in [3.8, 4) is 0 Å². The van der Waals surface area contributed by atoms with Crippen molar-refractivity contribution in [1.82, 2.24) is 4.98 Å². The third kappa shape index (κ3) is 2.18. The molecule has 0 amide bonds. The highest BCUT2D eigenvalue weighted by atomic mass is 16.5. The molecule has 2 rings (SSSR count). The first-order valence-corrected chi connectivity index (χ1v) is 5.44. The van der Waals surface area contributed by atoms with Gasteiger partial charge in [-0.25, -0.2) is 4.79 Å². The molecule has 17 heavy (non-hydrogen) atoms. The second-order valence-corrected chi connectivity index (χ2v) is 3.57. The molecular weight excluding hydrogens is 214 g/mol. The van der Waals surface area contributed by atoms with Gasteiger partial charge in [0.2, 0.25) is 0 Å². The van der Waals surface area contributed by atoms with Crippen LogP contribution in [0.25, 0.3) is 16.5 Å². The van der Waals surface area contributed by atoms with Gasteiger partial charge in [-0.3, -0.25) is 4.98 Å². The van der Waals surface area contributed by atoms with E-state index >= 15 is 0 Å². The van der Waals surface area contributed by atoms with Gasteiger partial charge in [0.1, 0.15) is 0 Å². The van der Waals surface area contributed by atoms with Crippen LogP contribution in [0.5, 0.6) is 0 Å². The highest BCUT2D eigenvalue weighted by Crippen LogP contribution is 2.23. The Bertz CT molecular complexity index is 570. The molecule has 0 atom stereocenters. The number of benzene rings is 1. The molecule has 86 valence electrons. The third-order valence-corrected chi connectivity index (χ3v) is 2.50. The molecule has 0 fully saturated rings. The van der Waals surface area contributed by atoms with E-state index < -0.39 is 0 Å². The minimum atomic E-state index is -0.385. The van der Waals surface area contributed by atoms with Crippen LogP contribution in [0.4, 0.5) is 0 Å². The van der Waals surface area contributed by atoms with Crippen molar-refractivity contribution in [3.05, 3.63) is 48.7 Å². The molecule has 0 radical (unpaired) electrons. The average molecular weight is 227 g/mol. The van der Waals surface area contributed by atoms with Gasteiger partial charge in [0.15, 0.2) is 0 Å². The van der Waals surface area contributed by atoms with Gasteiger partial charge in [0.25, 0.3) is 0 Å². The molecule has 0 saturated heterocycles. The second kappa shape index (κ2) is 4.78. The van der Waals surface area contributed by atoms with Gasteiger partial charge in [0, 0.05) is 11.6 Å². The zero-order chi connectivity index (χ0) is 12.3. The van der Waals surface area contributed by atoms with Crippen LogP contribution in [0.1, 0.15) is 12.5 Å². The predicted molar refractivity (Wildman–Crippen MR) is 67.4 cm³/mol. The van der Waals surface area contributed by atoms with Crippen LogP contribution in [-0.2, 0) is 9.53 Å². The number of para-hydroxylation sites is 1. The number of hydrogen-bond donors (Lipinski definition) is 0. The number of fused-ring (bicyclic) bond motifs is 1. The van der Waals surface area contributed by atoms with Crippen molar-refractivity contribution in [2.45, 2.75) is 6.92 Å². The van der Waals surface area contributed by atoms with Gasteiger partial charge in [0.05, 0.1) is 17.7 Å². The number of carbonyl (C=O) groups excluding carboxylic acids is 1. The molecule has 0 bridgehead atoms. The fourth-order valence-corrected chi connectivity index (χ4v) is 1.69.